The Bertz CT molecular complexity index is 3040. The predicted octanol–water partition coefficient (Wildman–Crippen LogP) is 13.6. The summed E-state index contributed by atoms with van der Waals surface area (Å²) in [6.45, 7) is 0. The first kappa shape index (κ1) is 25.2. The van der Waals surface area contributed by atoms with Crippen LogP contribution < -0.4 is 0 Å². The summed E-state index contributed by atoms with van der Waals surface area (Å²) in [5.74, 6) is 0. The van der Waals surface area contributed by atoms with Gasteiger partial charge >= 0.3 is 0 Å². The fourth-order valence-electron chi connectivity index (χ4n) is 7.60. The highest BCUT2D eigenvalue weighted by atomic mass is 32.1. The molecule has 0 atom stereocenters. The Morgan fingerprint density at radius 2 is 1.00 bits per heavy atom. The van der Waals surface area contributed by atoms with E-state index in [2.05, 4.69) is 144 Å². The van der Waals surface area contributed by atoms with Gasteiger partial charge in [0.2, 0.25) is 0 Å². The minimum atomic E-state index is 1.20. The van der Waals surface area contributed by atoms with Crippen molar-refractivity contribution in [2.45, 2.75) is 0 Å². The summed E-state index contributed by atoms with van der Waals surface area (Å²) in [6.07, 6.45) is 0. The molecule has 0 amide bonds. The van der Waals surface area contributed by atoms with Crippen LogP contribution in [0.4, 0.5) is 0 Å². The van der Waals surface area contributed by atoms with Gasteiger partial charge < -0.3 is 4.57 Å². The molecular weight excluding hydrogens is 615 g/mol. The number of aromatic nitrogens is 1. The van der Waals surface area contributed by atoms with E-state index in [-0.39, 0.29) is 0 Å². The average Bonchev–Trinajstić information content (AvgIpc) is 3.85. The standard InChI is InChI=1S/C42H23NS3/c1-4-15-34-25(9-1)31-23-40-33(26-10-2-5-16-36(26)45-40)22-35(31)43(34)24-19-20-38-32(21-24)29-14-7-13-28(42(29)46-38)27-12-8-18-39-41(27)30-11-3-6-17-37(30)44-39/h1-23H. The third kappa shape index (κ3) is 3.38. The van der Waals surface area contributed by atoms with Gasteiger partial charge in [-0.2, -0.15) is 0 Å². The second kappa shape index (κ2) is 9.27. The molecule has 0 aliphatic heterocycles. The summed E-state index contributed by atoms with van der Waals surface area (Å²) in [7, 11) is 0. The maximum Gasteiger partial charge on any atom is 0.0548 e. The average molecular weight is 638 g/mol. The molecule has 0 aliphatic carbocycles. The second-order valence-electron chi connectivity index (χ2n) is 12.1. The molecule has 4 aromatic heterocycles. The highest BCUT2D eigenvalue weighted by Crippen LogP contribution is 2.46. The molecule has 7 aromatic carbocycles. The monoisotopic (exact) mass is 637 g/mol. The van der Waals surface area contributed by atoms with Gasteiger partial charge in [-0.25, -0.2) is 0 Å². The molecule has 46 heavy (non-hydrogen) atoms. The van der Waals surface area contributed by atoms with Crippen molar-refractivity contribution in [2.75, 3.05) is 0 Å². The molecule has 11 aromatic rings. The lowest BCUT2D eigenvalue weighted by Gasteiger charge is -2.09. The minimum Gasteiger partial charge on any atom is -0.309 e. The van der Waals surface area contributed by atoms with Crippen LogP contribution in [0.2, 0.25) is 0 Å². The molecule has 0 radical (unpaired) electrons. The predicted molar refractivity (Wildman–Crippen MR) is 205 cm³/mol. The van der Waals surface area contributed by atoms with Gasteiger partial charge in [0.05, 0.1) is 11.0 Å². The highest BCUT2D eigenvalue weighted by Gasteiger charge is 2.18. The number of nitrogens with zero attached hydrogens (tertiary/aromatic N) is 1. The molecule has 0 saturated heterocycles. The second-order valence-corrected chi connectivity index (χ2v) is 15.3. The number of thiophene rings is 3. The molecule has 0 fully saturated rings. The van der Waals surface area contributed by atoms with Crippen LogP contribution in [0.25, 0.3) is 99.1 Å². The van der Waals surface area contributed by atoms with Gasteiger partial charge in [0.15, 0.2) is 0 Å². The Morgan fingerprint density at radius 3 is 1.91 bits per heavy atom. The summed E-state index contributed by atoms with van der Waals surface area (Å²) in [4.78, 5) is 0. The molecule has 0 saturated carbocycles. The largest absolute Gasteiger partial charge is 0.309 e. The van der Waals surface area contributed by atoms with E-state index in [0.29, 0.717) is 0 Å². The number of benzene rings is 7. The molecule has 0 N–H and O–H groups in total. The van der Waals surface area contributed by atoms with Crippen molar-refractivity contribution in [2.24, 2.45) is 0 Å². The zero-order valence-electron chi connectivity index (χ0n) is 24.5. The molecule has 11 rings (SSSR count). The molecule has 0 unspecified atom stereocenters. The fraction of sp³-hybridized carbons (Fsp3) is 0. The third-order valence-corrected chi connectivity index (χ3v) is 13.1. The smallest absolute Gasteiger partial charge is 0.0548 e. The third-order valence-electron chi connectivity index (χ3n) is 9.60. The van der Waals surface area contributed by atoms with Gasteiger partial charge in [0.25, 0.3) is 0 Å². The summed E-state index contributed by atoms with van der Waals surface area (Å²) in [6, 6.07) is 52.0. The first-order chi connectivity index (χ1) is 22.8. The molecule has 0 spiro atoms. The molecular formula is C42H23NS3. The van der Waals surface area contributed by atoms with Gasteiger partial charge in [-0.1, -0.05) is 84.9 Å². The minimum absolute atomic E-state index is 1.20. The summed E-state index contributed by atoms with van der Waals surface area (Å²) >= 11 is 5.69. The summed E-state index contributed by atoms with van der Waals surface area (Å²) in [5.41, 5.74) is 6.34. The number of fused-ring (bicyclic) bond motifs is 12. The number of para-hydroxylation sites is 1. The lowest BCUT2D eigenvalue weighted by atomic mass is 9.98. The summed E-state index contributed by atoms with van der Waals surface area (Å²) < 4.78 is 10.5. The summed E-state index contributed by atoms with van der Waals surface area (Å²) in [5, 5.41) is 10.6. The first-order valence-electron chi connectivity index (χ1n) is 15.5. The zero-order chi connectivity index (χ0) is 29.9. The van der Waals surface area contributed by atoms with Crippen molar-refractivity contribution < 1.29 is 0 Å². The lowest BCUT2D eigenvalue weighted by Crippen LogP contribution is -1.93. The van der Waals surface area contributed by atoms with Crippen LogP contribution in [0.15, 0.2) is 140 Å². The molecule has 4 heteroatoms. The highest BCUT2D eigenvalue weighted by molar-refractivity contribution is 7.27. The van der Waals surface area contributed by atoms with E-state index in [9.17, 15) is 0 Å². The number of rotatable bonds is 2. The van der Waals surface area contributed by atoms with Crippen molar-refractivity contribution in [3.05, 3.63) is 140 Å². The Balaban J connectivity index is 1.18. The Labute approximate surface area is 275 Å². The Morgan fingerprint density at radius 1 is 0.348 bits per heavy atom. The topological polar surface area (TPSA) is 4.93 Å². The van der Waals surface area contributed by atoms with E-state index in [1.807, 2.05) is 34.0 Å². The van der Waals surface area contributed by atoms with Gasteiger partial charge in [0, 0.05) is 82.5 Å². The van der Waals surface area contributed by atoms with Crippen molar-refractivity contribution in [3.8, 4) is 16.8 Å². The zero-order valence-corrected chi connectivity index (χ0v) is 26.9. The normalized spacial score (nSPS) is 12.3. The van der Waals surface area contributed by atoms with Crippen molar-refractivity contribution in [3.63, 3.8) is 0 Å². The fourth-order valence-corrected chi connectivity index (χ4v) is 11.1. The van der Waals surface area contributed by atoms with E-state index in [0.717, 1.165) is 0 Å². The maximum atomic E-state index is 2.47. The van der Waals surface area contributed by atoms with Gasteiger partial charge in [-0.05, 0) is 60.2 Å². The molecule has 4 heterocycles. The Hall–Kier alpha value is -5.00. The molecule has 0 bridgehead atoms. The van der Waals surface area contributed by atoms with Crippen LogP contribution in [0.5, 0.6) is 0 Å². The van der Waals surface area contributed by atoms with Gasteiger partial charge in [-0.15, -0.1) is 34.0 Å². The molecule has 214 valence electrons. The van der Waals surface area contributed by atoms with Crippen molar-refractivity contribution in [1.82, 2.24) is 4.57 Å². The van der Waals surface area contributed by atoms with E-state index >= 15 is 0 Å². The maximum absolute atomic E-state index is 2.47. The van der Waals surface area contributed by atoms with E-state index in [1.165, 1.54) is 99.1 Å². The van der Waals surface area contributed by atoms with Crippen LogP contribution >= 0.6 is 34.0 Å². The number of hydrogen-bond donors (Lipinski definition) is 0. The van der Waals surface area contributed by atoms with E-state index in [1.54, 1.807) is 0 Å². The van der Waals surface area contributed by atoms with Crippen molar-refractivity contribution in [1.29, 1.82) is 0 Å². The SMILES string of the molecule is c1ccc2c(c1)sc1cc3c4ccccc4n(-c4ccc5sc6c(-c7cccc8sc9ccccc9c78)cccc6c5c4)c3cc12. The van der Waals surface area contributed by atoms with Gasteiger partial charge in [-0.3, -0.25) is 0 Å². The first-order valence-corrected chi connectivity index (χ1v) is 18.0. The molecule has 0 aliphatic rings. The Kier molecular flexibility index (Phi) is 5.08. The van der Waals surface area contributed by atoms with Crippen LogP contribution in [-0.2, 0) is 0 Å². The van der Waals surface area contributed by atoms with E-state index < -0.39 is 0 Å². The quantitative estimate of drug-likeness (QED) is 0.178. The van der Waals surface area contributed by atoms with E-state index in [4.69, 9.17) is 0 Å². The lowest BCUT2D eigenvalue weighted by molar-refractivity contribution is 1.19. The van der Waals surface area contributed by atoms with Crippen LogP contribution in [-0.4, -0.2) is 4.57 Å². The van der Waals surface area contributed by atoms with Crippen LogP contribution in [0.3, 0.4) is 0 Å². The molecule has 1 nitrogen and oxygen atoms in total. The van der Waals surface area contributed by atoms with Crippen LogP contribution in [0.1, 0.15) is 0 Å². The van der Waals surface area contributed by atoms with Crippen LogP contribution in [0, 0.1) is 0 Å². The van der Waals surface area contributed by atoms with Crippen molar-refractivity contribution >= 4 is 116 Å². The number of hydrogen-bond acceptors (Lipinski definition) is 3. The van der Waals surface area contributed by atoms with Gasteiger partial charge in [0.1, 0.15) is 0 Å².